The molecule has 3 aromatic rings. The first-order valence-corrected chi connectivity index (χ1v) is 8.57. The van der Waals surface area contributed by atoms with Crippen LogP contribution in [0.2, 0.25) is 5.02 Å². The molecule has 0 aliphatic carbocycles. The van der Waals surface area contributed by atoms with Crippen LogP contribution in [-0.2, 0) is 11.3 Å². The summed E-state index contributed by atoms with van der Waals surface area (Å²) < 4.78 is 7.13. The lowest BCUT2D eigenvalue weighted by Gasteiger charge is -2.09. The Bertz CT molecular complexity index is 918. The zero-order valence-corrected chi connectivity index (χ0v) is 15.0. The van der Waals surface area contributed by atoms with E-state index in [9.17, 15) is 4.79 Å². The predicted octanol–water partition coefficient (Wildman–Crippen LogP) is 3.97. The van der Waals surface area contributed by atoms with Gasteiger partial charge in [-0.05, 0) is 41.9 Å². The SMILES string of the molecule is COc1ccc(NC(=O)Cn2c(-c3cccs3)n[nH]c2=S)cc1Cl. The summed E-state index contributed by atoms with van der Waals surface area (Å²) in [4.78, 5) is 13.3. The van der Waals surface area contributed by atoms with Gasteiger partial charge < -0.3 is 10.1 Å². The molecule has 1 aromatic carbocycles. The lowest BCUT2D eigenvalue weighted by atomic mass is 10.3. The summed E-state index contributed by atoms with van der Waals surface area (Å²) in [6, 6.07) is 8.89. The van der Waals surface area contributed by atoms with E-state index in [2.05, 4.69) is 15.5 Å². The van der Waals surface area contributed by atoms with Crippen molar-refractivity contribution in [3.8, 4) is 16.5 Å². The van der Waals surface area contributed by atoms with Gasteiger partial charge in [0.1, 0.15) is 12.3 Å². The van der Waals surface area contributed by atoms with Gasteiger partial charge in [-0.1, -0.05) is 17.7 Å². The molecule has 2 N–H and O–H groups in total. The molecule has 0 unspecified atom stereocenters. The van der Waals surface area contributed by atoms with Crippen molar-refractivity contribution in [1.82, 2.24) is 14.8 Å². The van der Waals surface area contributed by atoms with Gasteiger partial charge in [0.2, 0.25) is 5.91 Å². The molecule has 0 aliphatic rings. The minimum atomic E-state index is -0.230. The van der Waals surface area contributed by atoms with E-state index < -0.39 is 0 Å². The number of aromatic nitrogens is 3. The number of carbonyl (C=O) groups excluding carboxylic acids is 1. The van der Waals surface area contributed by atoms with Crippen LogP contribution in [0.3, 0.4) is 0 Å². The summed E-state index contributed by atoms with van der Waals surface area (Å²) in [7, 11) is 1.53. The third-order valence-electron chi connectivity index (χ3n) is 3.24. The predicted molar refractivity (Wildman–Crippen MR) is 97.4 cm³/mol. The zero-order valence-electron chi connectivity index (χ0n) is 12.6. The van der Waals surface area contributed by atoms with Gasteiger partial charge in [0.15, 0.2) is 10.6 Å². The molecule has 0 fully saturated rings. The monoisotopic (exact) mass is 380 g/mol. The van der Waals surface area contributed by atoms with Crippen molar-refractivity contribution in [2.24, 2.45) is 0 Å². The number of amides is 1. The van der Waals surface area contributed by atoms with E-state index in [1.54, 1.807) is 22.8 Å². The fourth-order valence-electron chi connectivity index (χ4n) is 2.15. The van der Waals surface area contributed by atoms with Crippen molar-refractivity contribution in [2.75, 3.05) is 12.4 Å². The average molecular weight is 381 g/mol. The van der Waals surface area contributed by atoms with E-state index in [0.717, 1.165) is 4.88 Å². The molecule has 1 amide bonds. The number of rotatable bonds is 5. The topological polar surface area (TPSA) is 71.9 Å². The van der Waals surface area contributed by atoms with Crippen molar-refractivity contribution in [3.05, 3.63) is 45.5 Å². The number of hydrogen-bond donors (Lipinski definition) is 2. The van der Waals surface area contributed by atoms with Crippen LogP contribution in [0.15, 0.2) is 35.7 Å². The van der Waals surface area contributed by atoms with Crippen molar-refractivity contribution in [3.63, 3.8) is 0 Å². The maximum absolute atomic E-state index is 12.3. The molecule has 0 atom stereocenters. The summed E-state index contributed by atoms with van der Waals surface area (Å²) in [5, 5.41) is 12.1. The second kappa shape index (κ2) is 7.16. The van der Waals surface area contributed by atoms with Crippen LogP contribution < -0.4 is 10.1 Å². The molecular formula is C15H13ClN4O2S2. The molecular weight excluding hydrogens is 368 g/mol. The smallest absolute Gasteiger partial charge is 0.244 e. The van der Waals surface area contributed by atoms with E-state index >= 15 is 0 Å². The van der Waals surface area contributed by atoms with E-state index in [1.807, 2.05) is 17.5 Å². The minimum absolute atomic E-state index is 0.0478. The zero-order chi connectivity index (χ0) is 17.1. The first-order valence-electron chi connectivity index (χ1n) is 6.91. The normalized spacial score (nSPS) is 10.6. The summed E-state index contributed by atoms with van der Waals surface area (Å²) in [5.41, 5.74) is 0.582. The second-order valence-electron chi connectivity index (χ2n) is 4.81. The fourth-order valence-corrected chi connectivity index (χ4v) is 3.32. The highest BCUT2D eigenvalue weighted by molar-refractivity contribution is 7.71. The highest BCUT2D eigenvalue weighted by atomic mass is 35.5. The lowest BCUT2D eigenvalue weighted by molar-refractivity contribution is -0.116. The van der Waals surface area contributed by atoms with E-state index in [1.165, 1.54) is 18.4 Å². The highest BCUT2D eigenvalue weighted by Gasteiger charge is 2.13. The quantitative estimate of drug-likeness (QED) is 0.657. The first-order chi connectivity index (χ1) is 11.6. The molecule has 24 heavy (non-hydrogen) atoms. The van der Waals surface area contributed by atoms with Crippen LogP contribution in [0, 0.1) is 4.77 Å². The van der Waals surface area contributed by atoms with Gasteiger partial charge >= 0.3 is 0 Å². The van der Waals surface area contributed by atoms with Crippen molar-refractivity contribution in [2.45, 2.75) is 6.54 Å². The number of thiophene rings is 1. The van der Waals surface area contributed by atoms with Crippen LogP contribution in [0.25, 0.3) is 10.7 Å². The van der Waals surface area contributed by atoms with E-state index in [0.29, 0.717) is 27.1 Å². The molecule has 0 saturated heterocycles. The molecule has 0 spiro atoms. The van der Waals surface area contributed by atoms with Crippen LogP contribution in [0.5, 0.6) is 5.75 Å². The highest BCUT2D eigenvalue weighted by Crippen LogP contribution is 2.27. The molecule has 0 radical (unpaired) electrons. The molecule has 2 aromatic heterocycles. The molecule has 2 heterocycles. The van der Waals surface area contributed by atoms with Crippen LogP contribution >= 0.6 is 35.2 Å². The Morgan fingerprint density at radius 1 is 1.50 bits per heavy atom. The average Bonchev–Trinajstić information content (AvgIpc) is 3.18. The van der Waals surface area contributed by atoms with Gasteiger partial charge in [0.05, 0.1) is 17.0 Å². The first kappa shape index (κ1) is 16.7. The Balaban J connectivity index is 1.77. The van der Waals surface area contributed by atoms with Gasteiger partial charge in [0, 0.05) is 5.69 Å². The molecule has 9 heteroatoms. The summed E-state index contributed by atoms with van der Waals surface area (Å²) in [6.07, 6.45) is 0. The molecule has 3 rings (SSSR count). The Morgan fingerprint density at radius 2 is 2.33 bits per heavy atom. The van der Waals surface area contributed by atoms with Crippen molar-refractivity contribution < 1.29 is 9.53 Å². The molecule has 124 valence electrons. The molecule has 6 nitrogen and oxygen atoms in total. The van der Waals surface area contributed by atoms with Crippen LogP contribution in [0.1, 0.15) is 0 Å². The number of halogens is 1. The minimum Gasteiger partial charge on any atom is -0.495 e. The number of H-pyrrole nitrogens is 1. The number of nitrogens with one attached hydrogen (secondary N) is 2. The standard InChI is InChI=1S/C15H13ClN4O2S2/c1-22-11-5-4-9(7-10(11)16)17-13(21)8-20-14(18-19-15(20)23)12-3-2-6-24-12/h2-7H,8H2,1H3,(H,17,21)(H,19,23). The lowest BCUT2D eigenvalue weighted by Crippen LogP contribution is -2.19. The third-order valence-corrected chi connectivity index (χ3v) is 4.71. The van der Waals surface area contributed by atoms with Crippen molar-refractivity contribution in [1.29, 1.82) is 0 Å². The van der Waals surface area contributed by atoms with E-state index in [-0.39, 0.29) is 12.5 Å². The molecule has 0 saturated carbocycles. The Labute approximate surface area is 152 Å². The number of methoxy groups -OCH3 is 1. The Morgan fingerprint density at radius 3 is 3.00 bits per heavy atom. The van der Waals surface area contributed by atoms with Crippen molar-refractivity contribution >= 4 is 46.8 Å². The summed E-state index contributed by atoms with van der Waals surface area (Å²) in [5.74, 6) is 0.955. The Kier molecular flexibility index (Phi) is 4.98. The number of anilines is 1. The summed E-state index contributed by atoms with van der Waals surface area (Å²) >= 11 is 12.8. The molecule has 0 aliphatic heterocycles. The molecule has 0 bridgehead atoms. The number of hydrogen-bond acceptors (Lipinski definition) is 5. The fraction of sp³-hybridized carbons (Fsp3) is 0.133. The van der Waals surface area contributed by atoms with Gasteiger partial charge in [-0.25, -0.2) is 0 Å². The summed E-state index contributed by atoms with van der Waals surface area (Å²) in [6.45, 7) is 0.0478. The number of nitrogens with zero attached hydrogens (tertiary/aromatic N) is 2. The van der Waals surface area contributed by atoms with Gasteiger partial charge in [-0.2, -0.15) is 5.10 Å². The van der Waals surface area contributed by atoms with Gasteiger partial charge in [-0.3, -0.25) is 14.5 Å². The second-order valence-corrected chi connectivity index (χ2v) is 6.55. The van der Waals surface area contributed by atoms with Gasteiger partial charge in [0.25, 0.3) is 0 Å². The van der Waals surface area contributed by atoms with Crippen LogP contribution in [0.4, 0.5) is 5.69 Å². The van der Waals surface area contributed by atoms with Gasteiger partial charge in [-0.15, -0.1) is 11.3 Å². The number of benzene rings is 1. The van der Waals surface area contributed by atoms with E-state index in [4.69, 9.17) is 28.6 Å². The van der Waals surface area contributed by atoms with Crippen LogP contribution in [-0.4, -0.2) is 27.8 Å². The third kappa shape index (κ3) is 3.50. The largest absolute Gasteiger partial charge is 0.495 e. The number of carbonyl (C=O) groups is 1. The maximum Gasteiger partial charge on any atom is 0.244 e. The number of aromatic amines is 1. The number of ether oxygens (including phenoxy) is 1. The Hall–Kier alpha value is -2.16. The maximum atomic E-state index is 12.3.